The summed E-state index contributed by atoms with van der Waals surface area (Å²) in [6.07, 6.45) is 9.53. The van der Waals surface area contributed by atoms with Crippen molar-refractivity contribution in [1.29, 1.82) is 0 Å². The second-order valence-corrected chi connectivity index (χ2v) is 17.4. The van der Waals surface area contributed by atoms with Crippen LogP contribution in [0.3, 0.4) is 0 Å². The lowest BCUT2D eigenvalue weighted by atomic mass is 9.77. The van der Waals surface area contributed by atoms with E-state index in [1.54, 1.807) is 0 Å². The molecule has 2 saturated carbocycles. The van der Waals surface area contributed by atoms with Gasteiger partial charge in [-0.25, -0.2) is 8.42 Å². The molecule has 0 unspecified atom stereocenters. The van der Waals surface area contributed by atoms with Crippen LogP contribution < -0.4 is 14.8 Å². The first-order chi connectivity index (χ1) is 24.2. The van der Waals surface area contributed by atoms with Gasteiger partial charge in [0.1, 0.15) is 23.4 Å². The van der Waals surface area contributed by atoms with E-state index in [0.29, 0.717) is 25.0 Å². The molecule has 2 N–H and O–H groups in total. The fraction of sp³-hybridized carbons (Fsp3) is 0.538. The second kappa shape index (κ2) is 14.4. The lowest BCUT2D eigenvalue weighted by molar-refractivity contribution is -0.153. The zero-order chi connectivity index (χ0) is 36.6. The van der Waals surface area contributed by atoms with Gasteiger partial charge in [0.05, 0.1) is 30.7 Å². The van der Waals surface area contributed by atoms with Gasteiger partial charge in [-0.2, -0.15) is 0 Å². The molecule has 2 heterocycles. The van der Waals surface area contributed by atoms with Crippen molar-refractivity contribution in [2.24, 2.45) is 17.3 Å². The van der Waals surface area contributed by atoms with Gasteiger partial charge < -0.3 is 19.7 Å². The minimum absolute atomic E-state index is 0.0642. The first-order valence-electron chi connectivity index (χ1n) is 18.0. The lowest BCUT2D eigenvalue weighted by Crippen LogP contribution is -2.57. The van der Waals surface area contributed by atoms with Gasteiger partial charge in [0.15, 0.2) is 0 Å². The summed E-state index contributed by atoms with van der Waals surface area (Å²) < 4.78 is 39.8. The van der Waals surface area contributed by atoms with Crippen molar-refractivity contribution in [1.82, 2.24) is 14.9 Å². The largest absolute Gasteiger partial charge is 0.488 e. The Morgan fingerprint density at radius 2 is 1.82 bits per heavy atom. The number of esters is 1. The first kappa shape index (κ1) is 36.6. The molecule has 3 fully saturated rings. The van der Waals surface area contributed by atoms with E-state index in [2.05, 4.69) is 28.8 Å². The highest BCUT2D eigenvalue weighted by Crippen LogP contribution is 2.46. The van der Waals surface area contributed by atoms with Crippen molar-refractivity contribution in [3.63, 3.8) is 0 Å². The molecular formula is C39H49N3O8S. The number of nitrogens with zero attached hydrogens (tertiary/aromatic N) is 1. The third-order valence-electron chi connectivity index (χ3n) is 10.6. The van der Waals surface area contributed by atoms with E-state index in [0.717, 1.165) is 35.6 Å². The highest BCUT2D eigenvalue weighted by Gasteiger charge is 2.62. The Kier molecular flexibility index (Phi) is 10.4. The Bertz CT molecular complexity index is 1850. The third-order valence-corrected chi connectivity index (χ3v) is 12.4. The number of benzene rings is 2. The summed E-state index contributed by atoms with van der Waals surface area (Å²) in [7, 11) is -3.87. The van der Waals surface area contributed by atoms with Gasteiger partial charge in [-0.05, 0) is 67.2 Å². The molecule has 12 heteroatoms. The fourth-order valence-corrected chi connectivity index (χ4v) is 8.61. The van der Waals surface area contributed by atoms with Crippen LogP contribution in [0.25, 0.3) is 16.8 Å². The Balaban J connectivity index is 1.34. The molecule has 274 valence electrons. The summed E-state index contributed by atoms with van der Waals surface area (Å²) >= 11 is 0. The fourth-order valence-electron chi connectivity index (χ4n) is 7.24. The number of hydrogen-bond donors (Lipinski definition) is 2. The highest BCUT2D eigenvalue weighted by atomic mass is 32.2. The number of carbonyl (C=O) groups excluding carboxylic acids is 4. The van der Waals surface area contributed by atoms with E-state index in [4.69, 9.17) is 9.47 Å². The minimum Gasteiger partial charge on any atom is -0.488 e. The van der Waals surface area contributed by atoms with E-state index >= 15 is 0 Å². The predicted molar refractivity (Wildman–Crippen MR) is 194 cm³/mol. The van der Waals surface area contributed by atoms with E-state index in [1.165, 1.54) is 11.0 Å². The Labute approximate surface area is 300 Å². The van der Waals surface area contributed by atoms with E-state index in [1.807, 2.05) is 57.2 Å². The van der Waals surface area contributed by atoms with E-state index in [9.17, 15) is 27.6 Å². The highest BCUT2D eigenvalue weighted by molar-refractivity contribution is 7.91. The first-order valence-corrected chi connectivity index (χ1v) is 19.6. The molecule has 0 aromatic heterocycles. The number of nitrogens with one attached hydrogen (secondary N) is 2. The average molecular weight is 720 g/mol. The monoisotopic (exact) mass is 719 g/mol. The smallest absolute Gasteiger partial charge is 0.306 e. The van der Waals surface area contributed by atoms with Gasteiger partial charge in [0.25, 0.3) is 5.91 Å². The normalized spacial score (nSPS) is 28.3. The predicted octanol–water partition coefficient (Wildman–Crippen LogP) is 5.04. The van der Waals surface area contributed by atoms with Crippen LogP contribution in [-0.4, -0.2) is 73.1 Å². The van der Waals surface area contributed by atoms with E-state index < -0.39 is 73.9 Å². The molecule has 2 aromatic carbocycles. The second-order valence-electron chi connectivity index (χ2n) is 15.5. The molecule has 3 amide bonds. The SMILES string of the molecule is C=C[C@@H]1C[C@]1(NC(=O)[C@@H]1C[C@@H]2CN1C(=O)[C@H](C(C)(C)C)CC(=O)OCCCCC/C=C/c1c(ccc3ccccc13)O2)C(=O)NS(=O)(=O)C1CC1. The molecule has 2 aliphatic heterocycles. The number of sulfonamides is 1. The summed E-state index contributed by atoms with van der Waals surface area (Å²) in [5.74, 6) is -2.95. The van der Waals surface area contributed by atoms with Crippen molar-refractivity contribution < 1.29 is 37.1 Å². The van der Waals surface area contributed by atoms with Gasteiger partial charge in [-0.1, -0.05) is 69.3 Å². The van der Waals surface area contributed by atoms with Crippen molar-refractivity contribution in [2.75, 3.05) is 13.2 Å². The molecule has 6 rings (SSSR count). The number of allylic oxidation sites excluding steroid dienone is 1. The number of hydrogen-bond acceptors (Lipinski definition) is 8. The van der Waals surface area contributed by atoms with Gasteiger partial charge in [-0.3, -0.25) is 23.9 Å². The van der Waals surface area contributed by atoms with Crippen LogP contribution in [0.15, 0.2) is 55.1 Å². The van der Waals surface area contributed by atoms with Gasteiger partial charge >= 0.3 is 5.97 Å². The number of carbonyl (C=O) groups is 4. The Hall–Kier alpha value is -4.19. The van der Waals surface area contributed by atoms with Crippen LogP contribution in [0, 0.1) is 17.3 Å². The van der Waals surface area contributed by atoms with Crippen molar-refractivity contribution >= 4 is 50.6 Å². The van der Waals surface area contributed by atoms with E-state index in [-0.39, 0.29) is 32.4 Å². The maximum atomic E-state index is 14.5. The van der Waals surface area contributed by atoms with Gasteiger partial charge in [0, 0.05) is 17.9 Å². The average Bonchev–Trinajstić information content (AvgIpc) is 4.01. The maximum Gasteiger partial charge on any atom is 0.306 e. The molecule has 0 radical (unpaired) electrons. The molecule has 4 aliphatic rings. The summed E-state index contributed by atoms with van der Waals surface area (Å²) in [5, 5.41) is 4.28. The summed E-state index contributed by atoms with van der Waals surface area (Å²) in [5.41, 5.74) is -1.26. The van der Waals surface area contributed by atoms with Crippen LogP contribution in [0.5, 0.6) is 5.75 Å². The molecule has 2 aromatic rings. The van der Waals surface area contributed by atoms with Crippen LogP contribution in [0.2, 0.25) is 0 Å². The van der Waals surface area contributed by atoms with Crippen molar-refractivity contribution in [3.8, 4) is 5.75 Å². The molecule has 11 nitrogen and oxygen atoms in total. The molecule has 51 heavy (non-hydrogen) atoms. The molecule has 5 atom stereocenters. The van der Waals surface area contributed by atoms with Gasteiger partial charge in [-0.15, -0.1) is 6.58 Å². The van der Waals surface area contributed by atoms with Crippen LogP contribution in [0.1, 0.15) is 84.1 Å². The number of cyclic esters (lactones) is 1. The molecule has 1 saturated heterocycles. The zero-order valence-electron chi connectivity index (χ0n) is 29.7. The van der Waals surface area contributed by atoms with Crippen molar-refractivity contribution in [3.05, 3.63) is 60.7 Å². The number of ether oxygens (including phenoxy) is 2. The molecule has 2 bridgehead atoms. The standard InChI is InChI=1S/C39H49N3O8S/c1-5-26-23-39(26,37(46)41-51(47,48)28-17-18-28)40-35(44)32-21-27-24-42(32)36(45)31(38(2,3)4)22-34(43)49-20-12-8-6-7-9-15-30-29-14-11-10-13-25(29)16-19-33(30)50-27/h5,9-11,13-16,19,26-28,31-32H,1,6-8,12,17-18,20-24H2,2-4H3,(H,40,44)(H,41,46)/b15-9+/t26-,27-,31-,32+,39-/m1/s1. The summed E-state index contributed by atoms with van der Waals surface area (Å²) in [4.78, 5) is 56.8. The van der Waals surface area contributed by atoms with Crippen LogP contribution in [0.4, 0.5) is 0 Å². The van der Waals surface area contributed by atoms with Gasteiger partial charge in [0.2, 0.25) is 21.8 Å². The number of rotatable bonds is 6. The Morgan fingerprint density at radius 3 is 2.53 bits per heavy atom. The molecular weight excluding hydrogens is 671 g/mol. The minimum atomic E-state index is -3.87. The number of amides is 3. The maximum absolute atomic E-state index is 14.5. The lowest BCUT2D eigenvalue weighted by Gasteiger charge is -2.35. The third kappa shape index (κ3) is 8.00. The topological polar surface area (TPSA) is 148 Å². The van der Waals surface area contributed by atoms with Crippen LogP contribution in [-0.2, 0) is 33.9 Å². The Morgan fingerprint density at radius 1 is 1.06 bits per heavy atom. The van der Waals surface area contributed by atoms with Crippen LogP contribution >= 0.6 is 0 Å². The number of fused-ring (bicyclic) bond motifs is 5. The van der Waals surface area contributed by atoms with Crippen molar-refractivity contribution in [2.45, 2.75) is 101 Å². The molecule has 2 aliphatic carbocycles. The summed E-state index contributed by atoms with van der Waals surface area (Å²) in [6, 6.07) is 10.9. The quantitative estimate of drug-likeness (QED) is 0.312. The summed E-state index contributed by atoms with van der Waals surface area (Å²) in [6.45, 7) is 9.74. The molecule has 0 spiro atoms. The zero-order valence-corrected chi connectivity index (χ0v) is 30.5.